The van der Waals surface area contributed by atoms with Crippen molar-refractivity contribution in [3.8, 4) is 0 Å². The summed E-state index contributed by atoms with van der Waals surface area (Å²) in [5.41, 5.74) is 1.17. The molecule has 1 aromatic rings. The van der Waals surface area contributed by atoms with Gasteiger partial charge in [-0.15, -0.1) is 0 Å². The highest BCUT2D eigenvalue weighted by molar-refractivity contribution is 8.24. The van der Waals surface area contributed by atoms with Crippen LogP contribution in [0.4, 0.5) is 0 Å². The van der Waals surface area contributed by atoms with Crippen molar-refractivity contribution in [2.45, 2.75) is 36.0 Å². The van der Waals surface area contributed by atoms with Crippen LogP contribution in [0.25, 0.3) is 4.85 Å². The zero-order valence-electron chi connectivity index (χ0n) is 14.8. The van der Waals surface area contributed by atoms with Crippen LogP contribution >= 0.6 is 23.5 Å². The third kappa shape index (κ3) is 4.93. The first kappa shape index (κ1) is 20.1. The molecule has 5 nitrogen and oxygen atoms in total. The van der Waals surface area contributed by atoms with E-state index in [1.54, 1.807) is 0 Å². The van der Waals surface area contributed by atoms with Crippen molar-refractivity contribution in [2.24, 2.45) is 0 Å². The Bertz CT molecular complexity index is 816. The molecule has 0 saturated carbocycles. The highest BCUT2D eigenvalue weighted by atomic mass is 32.2. The molecule has 0 N–H and O–H groups in total. The van der Waals surface area contributed by atoms with Gasteiger partial charge < -0.3 is 9.47 Å². The summed E-state index contributed by atoms with van der Waals surface area (Å²) in [6.45, 7) is 16.8. The number of fused-ring (bicyclic) bond motifs is 1. The van der Waals surface area contributed by atoms with E-state index in [1.807, 2.05) is 6.07 Å². The predicted molar refractivity (Wildman–Crippen MR) is 103 cm³/mol. The fourth-order valence-corrected chi connectivity index (χ4v) is 4.49. The van der Waals surface area contributed by atoms with Gasteiger partial charge in [0.2, 0.25) is 0 Å². The van der Waals surface area contributed by atoms with Crippen LogP contribution in [-0.4, -0.2) is 25.2 Å². The van der Waals surface area contributed by atoms with Crippen molar-refractivity contribution >= 4 is 35.5 Å². The second-order valence-corrected chi connectivity index (χ2v) is 8.73. The van der Waals surface area contributed by atoms with Gasteiger partial charge >= 0.3 is 11.9 Å². The smallest absolute Gasteiger partial charge is 0.338 e. The molecular weight excluding hydrogens is 370 g/mol. The molecule has 0 bridgehead atoms. The molecular formula is C19H19NO4S2. The molecule has 1 heterocycles. The Labute approximate surface area is 161 Å². The molecule has 7 heteroatoms. The Morgan fingerprint density at radius 3 is 2.46 bits per heavy atom. The largest absolute Gasteiger partial charge is 0.467 e. The maximum Gasteiger partial charge on any atom is 0.338 e. The average Bonchev–Trinajstić information content (AvgIpc) is 3.00. The topological polar surface area (TPSA) is 57.0 Å². The number of hydrogen-bond acceptors (Lipinski definition) is 6. The third-order valence-electron chi connectivity index (χ3n) is 3.44. The molecule has 0 atom stereocenters. The van der Waals surface area contributed by atoms with Crippen molar-refractivity contribution < 1.29 is 19.1 Å². The Balaban J connectivity index is 2.08. The summed E-state index contributed by atoms with van der Waals surface area (Å²) >= 11 is 2.80. The van der Waals surface area contributed by atoms with E-state index in [0.717, 1.165) is 15.9 Å². The lowest BCUT2D eigenvalue weighted by atomic mass is 9.87. The van der Waals surface area contributed by atoms with Gasteiger partial charge in [-0.3, -0.25) is 4.79 Å². The van der Waals surface area contributed by atoms with E-state index in [-0.39, 0.29) is 24.3 Å². The molecule has 136 valence electrons. The maximum absolute atomic E-state index is 12.2. The average molecular weight is 389 g/mol. The van der Waals surface area contributed by atoms with Crippen molar-refractivity contribution in [2.75, 3.05) is 13.2 Å². The fourth-order valence-electron chi connectivity index (χ4n) is 2.03. The van der Waals surface area contributed by atoms with Gasteiger partial charge in [-0.2, -0.15) is 0 Å². The van der Waals surface area contributed by atoms with Gasteiger partial charge in [0.1, 0.15) is 13.2 Å². The minimum atomic E-state index is -0.714. The molecule has 0 aliphatic carbocycles. The summed E-state index contributed by atoms with van der Waals surface area (Å²) in [6.07, 6.45) is 1.03. The lowest BCUT2D eigenvalue weighted by Crippen LogP contribution is -2.13. The molecule has 0 radical (unpaired) electrons. The fraction of sp³-hybridized carbons (Fsp3) is 0.316. The van der Waals surface area contributed by atoms with E-state index < -0.39 is 11.9 Å². The number of benzene rings is 1. The van der Waals surface area contributed by atoms with Gasteiger partial charge in [-0.25, -0.2) is 9.64 Å². The van der Waals surface area contributed by atoms with Crippen LogP contribution in [-0.2, 0) is 24.5 Å². The second-order valence-electron chi connectivity index (χ2n) is 6.37. The molecule has 0 amide bonds. The molecule has 0 saturated heterocycles. The van der Waals surface area contributed by atoms with Crippen LogP contribution in [0.5, 0.6) is 0 Å². The summed E-state index contributed by atoms with van der Waals surface area (Å²) in [5.74, 6) is -1.30. The number of hydrogen-bond donors (Lipinski definition) is 0. The Kier molecular flexibility index (Phi) is 6.57. The SMILES string of the molecule is [C-]#[N+]/C(C(=O)OCCOC(=O)C=C)=C1/Sc2ccc(C(C)(C)C)cc2S1. The first-order valence-corrected chi connectivity index (χ1v) is 9.48. The Hall–Kier alpha value is -2.17. The van der Waals surface area contributed by atoms with Crippen LogP contribution in [0.2, 0.25) is 0 Å². The van der Waals surface area contributed by atoms with Crippen molar-refractivity contribution in [3.63, 3.8) is 0 Å². The van der Waals surface area contributed by atoms with E-state index in [0.29, 0.717) is 4.24 Å². The number of thioether (sulfide) groups is 2. The van der Waals surface area contributed by atoms with Crippen LogP contribution in [0.15, 0.2) is 50.6 Å². The minimum Gasteiger partial charge on any atom is -0.467 e. The van der Waals surface area contributed by atoms with Crippen LogP contribution in [0.1, 0.15) is 26.3 Å². The zero-order valence-corrected chi connectivity index (χ0v) is 16.5. The quantitative estimate of drug-likeness (QED) is 0.319. The lowest BCUT2D eigenvalue weighted by molar-refractivity contribution is -0.146. The van der Waals surface area contributed by atoms with E-state index in [2.05, 4.69) is 44.3 Å². The van der Waals surface area contributed by atoms with Gasteiger partial charge in [0.05, 0.1) is 10.8 Å². The molecule has 0 aromatic heterocycles. The number of nitrogens with zero attached hydrogens (tertiary/aromatic N) is 1. The molecule has 2 rings (SSSR count). The first-order valence-electron chi connectivity index (χ1n) is 7.84. The van der Waals surface area contributed by atoms with Crippen molar-refractivity contribution in [1.82, 2.24) is 0 Å². The monoisotopic (exact) mass is 389 g/mol. The number of ether oxygens (including phenoxy) is 2. The number of esters is 2. The van der Waals surface area contributed by atoms with Gasteiger partial charge in [0, 0.05) is 15.9 Å². The predicted octanol–water partition coefficient (Wildman–Crippen LogP) is 4.54. The molecule has 0 unspecified atom stereocenters. The normalized spacial score (nSPS) is 14.8. The van der Waals surface area contributed by atoms with E-state index in [1.165, 1.54) is 29.1 Å². The van der Waals surface area contributed by atoms with E-state index in [4.69, 9.17) is 16.0 Å². The molecule has 1 aromatic carbocycles. The standard InChI is InChI=1S/C19H19NO4S2/c1-6-15(21)23-9-10-24-17(22)16(20-5)18-25-13-8-7-12(19(2,3)4)11-14(13)26-18/h6-8,11H,1,9-10H2,2-4H3/b18-16-. The Morgan fingerprint density at radius 1 is 1.19 bits per heavy atom. The molecule has 0 spiro atoms. The lowest BCUT2D eigenvalue weighted by Gasteiger charge is -2.19. The van der Waals surface area contributed by atoms with Crippen molar-refractivity contribution in [3.05, 3.63) is 57.8 Å². The van der Waals surface area contributed by atoms with E-state index in [9.17, 15) is 9.59 Å². The summed E-state index contributed by atoms with van der Waals surface area (Å²) in [7, 11) is 0. The Morgan fingerprint density at radius 2 is 1.85 bits per heavy atom. The van der Waals surface area contributed by atoms with Crippen LogP contribution < -0.4 is 0 Å². The summed E-state index contributed by atoms with van der Waals surface area (Å²) in [5, 5.41) is 0. The molecule has 1 aliphatic rings. The first-order chi connectivity index (χ1) is 12.3. The molecule has 0 fully saturated rings. The second kappa shape index (κ2) is 8.47. The minimum absolute atomic E-state index is 0.0250. The van der Waals surface area contributed by atoms with Gasteiger partial charge in [0.15, 0.2) is 0 Å². The summed E-state index contributed by atoms with van der Waals surface area (Å²) < 4.78 is 10.4. The van der Waals surface area contributed by atoms with Crippen LogP contribution in [0, 0.1) is 6.57 Å². The molecule has 26 heavy (non-hydrogen) atoms. The van der Waals surface area contributed by atoms with Gasteiger partial charge in [-0.05, 0) is 23.1 Å². The maximum atomic E-state index is 12.2. The highest BCUT2D eigenvalue weighted by Gasteiger charge is 2.27. The van der Waals surface area contributed by atoms with Gasteiger partial charge in [0.25, 0.3) is 5.70 Å². The highest BCUT2D eigenvalue weighted by Crippen LogP contribution is 2.53. The zero-order chi connectivity index (χ0) is 19.3. The number of rotatable bonds is 5. The van der Waals surface area contributed by atoms with Gasteiger partial charge in [-0.1, -0.05) is 56.9 Å². The third-order valence-corrected chi connectivity index (χ3v) is 5.96. The number of carbonyl (C=O) groups excluding carboxylic acids is 2. The van der Waals surface area contributed by atoms with Crippen LogP contribution in [0.3, 0.4) is 0 Å². The number of carbonyl (C=O) groups is 2. The summed E-state index contributed by atoms with van der Waals surface area (Å²) in [4.78, 5) is 28.5. The van der Waals surface area contributed by atoms with E-state index >= 15 is 0 Å². The molecule has 1 aliphatic heterocycles. The van der Waals surface area contributed by atoms with Crippen molar-refractivity contribution in [1.29, 1.82) is 0 Å². The summed E-state index contributed by atoms with van der Waals surface area (Å²) in [6, 6.07) is 6.18.